The molecule has 1 aliphatic heterocycles. The van der Waals surface area contributed by atoms with Gasteiger partial charge in [0.1, 0.15) is 31.4 Å². The van der Waals surface area contributed by atoms with Gasteiger partial charge in [-0.3, -0.25) is 9.59 Å². The van der Waals surface area contributed by atoms with E-state index in [2.05, 4.69) is 41.5 Å². The third-order valence-corrected chi connectivity index (χ3v) is 6.01. The number of carbonyl (C=O) groups is 2. The van der Waals surface area contributed by atoms with Crippen molar-refractivity contribution in [3.63, 3.8) is 0 Å². The van der Waals surface area contributed by atoms with Crippen molar-refractivity contribution in [1.82, 2.24) is 25.0 Å². The van der Waals surface area contributed by atoms with Gasteiger partial charge in [-0.1, -0.05) is 68.4 Å². The quantitative estimate of drug-likeness (QED) is 0.601. The largest absolute Gasteiger partial charge is 0.343 e. The zero-order valence-corrected chi connectivity index (χ0v) is 18.8. The molecule has 0 unspecified atom stereocenters. The summed E-state index contributed by atoms with van der Waals surface area (Å²) in [6.07, 6.45) is 1.57. The first-order valence-electron chi connectivity index (χ1n) is 11.1. The molecular formula is C25H28FN5O2. The van der Waals surface area contributed by atoms with E-state index in [-0.39, 0.29) is 31.3 Å². The highest BCUT2D eigenvalue weighted by atomic mass is 19.1. The molecular weight excluding hydrogens is 421 g/mol. The maximum atomic E-state index is 14.3. The van der Waals surface area contributed by atoms with Crippen molar-refractivity contribution in [2.24, 2.45) is 0 Å². The van der Waals surface area contributed by atoms with Gasteiger partial charge < -0.3 is 14.8 Å². The van der Waals surface area contributed by atoms with Crippen LogP contribution in [0.3, 0.4) is 0 Å². The molecule has 8 heteroatoms. The predicted molar refractivity (Wildman–Crippen MR) is 122 cm³/mol. The minimum Gasteiger partial charge on any atom is -0.343 e. The molecule has 2 amide bonds. The molecule has 0 bridgehead atoms. The van der Waals surface area contributed by atoms with Gasteiger partial charge in [0.2, 0.25) is 11.8 Å². The van der Waals surface area contributed by atoms with Crippen molar-refractivity contribution in [2.45, 2.75) is 51.0 Å². The molecule has 33 heavy (non-hydrogen) atoms. The van der Waals surface area contributed by atoms with Gasteiger partial charge in [0.05, 0.1) is 12.6 Å². The first kappa shape index (κ1) is 22.6. The van der Waals surface area contributed by atoms with Gasteiger partial charge in [-0.15, -0.1) is 10.2 Å². The Labute approximate surface area is 192 Å². The second-order valence-corrected chi connectivity index (χ2v) is 8.70. The van der Waals surface area contributed by atoms with E-state index in [4.69, 9.17) is 0 Å². The summed E-state index contributed by atoms with van der Waals surface area (Å²) in [7, 11) is 0. The van der Waals surface area contributed by atoms with E-state index in [1.165, 1.54) is 27.7 Å². The molecule has 1 aliphatic rings. The molecule has 0 radical (unpaired) electrons. The van der Waals surface area contributed by atoms with E-state index in [9.17, 15) is 14.0 Å². The summed E-state index contributed by atoms with van der Waals surface area (Å²) in [4.78, 5) is 27.5. The molecule has 7 nitrogen and oxygen atoms in total. The third kappa shape index (κ3) is 5.27. The number of amides is 2. The zero-order chi connectivity index (χ0) is 23.4. The van der Waals surface area contributed by atoms with E-state index in [1.807, 2.05) is 42.5 Å². The van der Waals surface area contributed by atoms with Gasteiger partial charge in [0.15, 0.2) is 0 Å². The molecule has 3 aromatic rings. The fraction of sp³-hybridized carbons (Fsp3) is 0.360. The van der Waals surface area contributed by atoms with Gasteiger partial charge >= 0.3 is 0 Å². The second kappa shape index (κ2) is 9.94. The standard InChI is InChI=1S/C25H28FN5O2/c1-17(2)18-8-10-20(11-9-18)24(19-6-4-3-5-7-19)29-25(33)22-12-21(26)13-31(22)23(32)14-30-15-27-28-16-30/h3-11,15-17,21-22,24H,12-14H2,1-2H3,(H,29,33)/t21-,22-,24+/m1/s1. The van der Waals surface area contributed by atoms with E-state index < -0.39 is 18.3 Å². The number of alkyl halides is 1. The Morgan fingerprint density at radius 2 is 1.61 bits per heavy atom. The number of aromatic nitrogens is 3. The van der Waals surface area contributed by atoms with Gasteiger partial charge in [-0.05, 0) is 22.6 Å². The fourth-order valence-electron chi connectivity index (χ4n) is 4.18. The van der Waals surface area contributed by atoms with Crippen LogP contribution in [-0.2, 0) is 16.1 Å². The average Bonchev–Trinajstić information content (AvgIpc) is 3.47. The highest BCUT2D eigenvalue weighted by Gasteiger charge is 2.40. The Morgan fingerprint density at radius 3 is 2.24 bits per heavy atom. The molecule has 1 aromatic heterocycles. The summed E-state index contributed by atoms with van der Waals surface area (Å²) in [6, 6.07) is 16.5. The minimum absolute atomic E-state index is 0.0203. The molecule has 1 saturated heterocycles. The Kier molecular flexibility index (Phi) is 6.82. The maximum absolute atomic E-state index is 14.3. The molecule has 0 saturated carbocycles. The third-order valence-electron chi connectivity index (χ3n) is 6.01. The second-order valence-electron chi connectivity index (χ2n) is 8.70. The lowest BCUT2D eigenvalue weighted by molar-refractivity contribution is -0.139. The molecule has 0 spiro atoms. The van der Waals surface area contributed by atoms with Crippen LogP contribution >= 0.6 is 0 Å². The topological polar surface area (TPSA) is 80.1 Å². The van der Waals surface area contributed by atoms with Crippen molar-refractivity contribution in [1.29, 1.82) is 0 Å². The van der Waals surface area contributed by atoms with Crippen LogP contribution in [0.4, 0.5) is 4.39 Å². The fourth-order valence-corrected chi connectivity index (χ4v) is 4.18. The highest BCUT2D eigenvalue weighted by molar-refractivity contribution is 5.88. The van der Waals surface area contributed by atoms with Crippen LogP contribution in [0.1, 0.15) is 48.9 Å². The smallest absolute Gasteiger partial charge is 0.243 e. The number of likely N-dealkylation sites (tertiary alicyclic amines) is 1. The van der Waals surface area contributed by atoms with Crippen LogP contribution in [0.2, 0.25) is 0 Å². The van der Waals surface area contributed by atoms with E-state index in [1.54, 1.807) is 0 Å². The summed E-state index contributed by atoms with van der Waals surface area (Å²) < 4.78 is 15.8. The Hall–Kier alpha value is -3.55. The van der Waals surface area contributed by atoms with Gasteiger partial charge in [-0.25, -0.2) is 4.39 Å². The molecule has 2 heterocycles. The lowest BCUT2D eigenvalue weighted by atomic mass is 9.95. The summed E-state index contributed by atoms with van der Waals surface area (Å²) in [6.45, 7) is 4.12. The lowest BCUT2D eigenvalue weighted by Crippen LogP contribution is -2.47. The number of hydrogen-bond donors (Lipinski definition) is 1. The molecule has 172 valence electrons. The number of rotatable bonds is 7. The van der Waals surface area contributed by atoms with Crippen LogP contribution in [0.15, 0.2) is 67.3 Å². The molecule has 1 fully saturated rings. The number of nitrogens with one attached hydrogen (secondary N) is 1. The normalized spacial score (nSPS) is 19.0. The minimum atomic E-state index is -1.24. The molecule has 0 aliphatic carbocycles. The maximum Gasteiger partial charge on any atom is 0.243 e. The van der Waals surface area contributed by atoms with Gasteiger partial charge in [0.25, 0.3) is 0 Å². The molecule has 2 aromatic carbocycles. The van der Waals surface area contributed by atoms with Crippen molar-refractivity contribution in [3.05, 3.63) is 83.9 Å². The van der Waals surface area contributed by atoms with Crippen LogP contribution in [0.5, 0.6) is 0 Å². The Morgan fingerprint density at radius 1 is 1.00 bits per heavy atom. The van der Waals surface area contributed by atoms with Crippen LogP contribution in [0.25, 0.3) is 0 Å². The monoisotopic (exact) mass is 449 g/mol. The van der Waals surface area contributed by atoms with E-state index in [0.29, 0.717) is 5.92 Å². The first-order chi connectivity index (χ1) is 15.9. The average molecular weight is 450 g/mol. The number of halogens is 1. The summed E-state index contributed by atoms with van der Waals surface area (Å²) in [5.74, 6) is -0.309. The van der Waals surface area contributed by atoms with Crippen LogP contribution in [0, 0.1) is 0 Å². The predicted octanol–water partition coefficient (Wildman–Crippen LogP) is 3.25. The molecule has 1 N–H and O–H groups in total. The van der Waals surface area contributed by atoms with Crippen LogP contribution in [-0.4, -0.2) is 50.2 Å². The zero-order valence-electron chi connectivity index (χ0n) is 18.8. The Balaban J connectivity index is 1.56. The number of nitrogens with zero attached hydrogens (tertiary/aromatic N) is 4. The highest BCUT2D eigenvalue weighted by Crippen LogP contribution is 2.27. The van der Waals surface area contributed by atoms with Crippen molar-refractivity contribution in [3.8, 4) is 0 Å². The number of benzene rings is 2. The number of hydrogen-bond acceptors (Lipinski definition) is 4. The van der Waals surface area contributed by atoms with Gasteiger partial charge in [-0.2, -0.15) is 0 Å². The van der Waals surface area contributed by atoms with Gasteiger partial charge in [0, 0.05) is 6.42 Å². The summed E-state index contributed by atoms with van der Waals surface area (Å²) >= 11 is 0. The van der Waals surface area contributed by atoms with Crippen molar-refractivity contribution >= 4 is 11.8 Å². The Bertz CT molecular complexity index is 1070. The lowest BCUT2D eigenvalue weighted by Gasteiger charge is -2.27. The van der Waals surface area contributed by atoms with Crippen molar-refractivity contribution < 1.29 is 14.0 Å². The number of carbonyl (C=O) groups excluding carboxylic acids is 2. The molecule has 4 rings (SSSR count). The van der Waals surface area contributed by atoms with Crippen LogP contribution < -0.4 is 5.32 Å². The summed E-state index contributed by atoms with van der Waals surface area (Å²) in [5, 5.41) is 10.4. The first-order valence-corrected chi connectivity index (χ1v) is 11.1. The van der Waals surface area contributed by atoms with Crippen molar-refractivity contribution in [2.75, 3.05) is 6.54 Å². The van der Waals surface area contributed by atoms with E-state index in [0.717, 1.165) is 11.1 Å². The molecule has 3 atom stereocenters. The SMILES string of the molecule is CC(C)c1ccc([C@@H](NC(=O)[C@H]2C[C@@H](F)CN2C(=O)Cn2cnnc2)c2ccccc2)cc1. The summed E-state index contributed by atoms with van der Waals surface area (Å²) in [5.41, 5.74) is 3.05. The van der Waals surface area contributed by atoms with E-state index >= 15 is 0 Å².